The molecule has 98 valence electrons. The molecule has 0 amide bonds. The van der Waals surface area contributed by atoms with Gasteiger partial charge in [0.15, 0.2) is 0 Å². The number of benzene rings is 2. The van der Waals surface area contributed by atoms with E-state index in [4.69, 9.17) is 5.11 Å². The molecule has 0 saturated heterocycles. The Bertz CT molecular complexity index is 613. The zero-order valence-electron chi connectivity index (χ0n) is 11.0. The third kappa shape index (κ3) is 2.94. The fraction of sp³-hybridized carbons (Fsp3) is 0.188. The van der Waals surface area contributed by atoms with Crippen LogP contribution in [0.1, 0.15) is 32.6 Å². The van der Waals surface area contributed by atoms with Crippen LogP contribution in [0.4, 0.5) is 0 Å². The van der Waals surface area contributed by atoms with Crippen LogP contribution < -0.4 is 0 Å². The number of phenols is 1. The molecule has 0 heterocycles. The van der Waals surface area contributed by atoms with E-state index in [9.17, 15) is 9.90 Å². The molecule has 2 aromatic carbocycles. The molecule has 3 heteroatoms. The van der Waals surface area contributed by atoms with Crippen LogP contribution in [-0.4, -0.2) is 16.2 Å². The Kier molecular flexibility index (Phi) is 3.56. The van der Waals surface area contributed by atoms with Crippen molar-refractivity contribution in [1.82, 2.24) is 0 Å². The van der Waals surface area contributed by atoms with Gasteiger partial charge < -0.3 is 10.2 Å². The number of carbonyl (C=O) groups is 1. The summed E-state index contributed by atoms with van der Waals surface area (Å²) in [7, 11) is 0. The van der Waals surface area contributed by atoms with Crippen molar-refractivity contribution in [3.05, 3.63) is 64.2 Å². The topological polar surface area (TPSA) is 57.5 Å². The van der Waals surface area contributed by atoms with E-state index in [0.29, 0.717) is 12.0 Å². The maximum absolute atomic E-state index is 11.1. The Morgan fingerprint density at radius 1 is 1.05 bits per heavy atom. The van der Waals surface area contributed by atoms with Crippen LogP contribution in [0.3, 0.4) is 0 Å². The summed E-state index contributed by atoms with van der Waals surface area (Å²) in [4.78, 5) is 11.1. The molecular formula is C16H16O3. The van der Waals surface area contributed by atoms with Crippen molar-refractivity contribution in [2.75, 3.05) is 0 Å². The van der Waals surface area contributed by atoms with Gasteiger partial charge in [0.25, 0.3) is 0 Å². The average Bonchev–Trinajstić information content (AvgIpc) is 2.36. The summed E-state index contributed by atoms with van der Waals surface area (Å²) in [6, 6.07) is 11.5. The van der Waals surface area contributed by atoms with Gasteiger partial charge in [0.2, 0.25) is 0 Å². The molecule has 0 saturated carbocycles. The van der Waals surface area contributed by atoms with Crippen molar-refractivity contribution in [3.63, 3.8) is 0 Å². The first-order chi connectivity index (χ1) is 8.97. The van der Waals surface area contributed by atoms with Crippen LogP contribution in [-0.2, 0) is 6.42 Å². The predicted molar refractivity (Wildman–Crippen MR) is 73.8 cm³/mol. The minimum Gasteiger partial charge on any atom is -0.507 e. The van der Waals surface area contributed by atoms with Gasteiger partial charge in [0.05, 0.1) is 0 Å². The highest BCUT2D eigenvalue weighted by Crippen LogP contribution is 2.25. The van der Waals surface area contributed by atoms with E-state index >= 15 is 0 Å². The SMILES string of the molecule is Cc1ccc(Cc2cc(C)c(O)c(C(=O)O)c2)cc1. The molecule has 0 aliphatic heterocycles. The van der Waals surface area contributed by atoms with E-state index in [0.717, 1.165) is 11.1 Å². The number of hydrogen-bond donors (Lipinski definition) is 2. The highest BCUT2D eigenvalue weighted by Gasteiger charge is 2.13. The summed E-state index contributed by atoms with van der Waals surface area (Å²) in [6.45, 7) is 3.73. The molecule has 0 fully saturated rings. The predicted octanol–water partition coefficient (Wildman–Crippen LogP) is 3.30. The van der Waals surface area contributed by atoms with E-state index in [-0.39, 0.29) is 11.3 Å². The third-order valence-corrected chi connectivity index (χ3v) is 3.12. The Morgan fingerprint density at radius 2 is 1.68 bits per heavy atom. The second-order valence-corrected chi connectivity index (χ2v) is 4.78. The lowest BCUT2D eigenvalue weighted by atomic mass is 9.99. The van der Waals surface area contributed by atoms with Gasteiger partial charge in [-0.05, 0) is 43.0 Å². The summed E-state index contributed by atoms with van der Waals surface area (Å²) in [5, 5.41) is 18.8. The quantitative estimate of drug-likeness (QED) is 0.885. The number of carboxylic acids is 1. The van der Waals surface area contributed by atoms with Crippen molar-refractivity contribution in [1.29, 1.82) is 0 Å². The van der Waals surface area contributed by atoms with Gasteiger partial charge in [-0.3, -0.25) is 0 Å². The molecule has 0 bridgehead atoms. The molecular weight excluding hydrogens is 240 g/mol. The largest absolute Gasteiger partial charge is 0.507 e. The number of aromatic carboxylic acids is 1. The lowest BCUT2D eigenvalue weighted by molar-refractivity contribution is 0.0693. The van der Waals surface area contributed by atoms with Crippen LogP contribution in [0.2, 0.25) is 0 Å². The first-order valence-corrected chi connectivity index (χ1v) is 6.08. The zero-order valence-corrected chi connectivity index (χ0v) is 11.0. The van der Waals surface area contributed by atoms with E-state index in [2.05, 4.69) is 0 Å². The molecule has 0 radical (unpaired) electrons. The van der Waals surface area contributed by atoms with Crippen molar-refractivity contribution < 1.29 is 15.0 Å². The van der Waals surface area contributed by atoms with Gasteiger partial charge >= 0.3 is 5.97 Å². The number of aromatic hydroxyl groups is 1. The van der Waals surface area contributed by atoms with E-state index in [1.54, 1.807) is 6.92 Å². The molecule has 0 unspecified atom stereocenters. The Hall–Kier alpha value is -2.29. The van der Waals surface area contributed by atoms with Crippen LogP contribution in [0.5, 0.6) is 5.75 Å². The van der Waals surface area contributed by atoms with Crippen molar-refractivity contribution in [2.45, 2.75) is 20.3 Å². The fourth-order valence-electron chi connectivity index (χ4n) is 2.06. The first kappa shape index (κ1) is 13.1. The molecule has 0 aromatic heterocycles. The molecule has 0 aliphatic rings. The maximum atomic E-state index is 11.1. The molecule has 2 rings (SSSR count). The van der Waals surface area contributed by atoms with E-state index in [1.165, 1.54) is 11.6 Å². The Morgan fingerprint density at radius 3 is 2.26 bits per heavy atom. The van der Waals surface area contributed by atoms with Crippen LogP contribution >= 0.6 is 0 Å². The van der Waals surface area contributed by atoms with Gasteiger partial charge in [-0.25, -0.2) is 4.79 Å². The standard InChI is InChI=1S/C16H16O3/c1-10-3-5-12(6-4-10)8-13-7-11(2)15(17)14(9-13)16(18)19/h3-7,9,17H,8H2,1-2H3,(H,18,19). The molecule has 3 nitrogen and oxygen atoms in total. The minimum absolute atomic E-state index is 0.0397. The van der Waals surface area contributed by atoms with Gasteiger partial charge in [0.1, 0.15) is 11.3 Å². The first-order valence-electron chi connectivity index (χ1n) is 6.08. The molecule has 2 N–H and O–H groups in total. The summed E-state index contributed by atoms with van der Waals surface area (Å²) < 4.78 is 0. The molecule has 19 heavy (non-hydrogen) atoms. The molecule has 0 atom stereocenters. The minimum atomic E-state index is -1.11. The summed E-state index contributed by atoms with van der Waals surface area (Å²) >= 11 is 0. The average molecular weight is 256 g/mol. The third-order valence-electron chi connectivity index (χ3n) is 3.12. The summed E-state index contributed by atoms with van der Waals surface area (Å²) in [6.07, 6.45) is 0.654. The summed E-state index contributed by atoms with van der Waals surface area (Å²) in [5.74, 6) is -1.26. The maximum Gasteiger partial charge on any atom is 0.339 e. The number of carboxylic acid groups (broad SMARTS) is 1. The highest BCUT2D eigenvalue weighted by atomic mass is 16.4. The second kappa shape index (κ2) is 5.14. The lowest BCUT2D eigenvalue weighted by Crippen LogP contribution is -2.00. The Labute approximate surface area is 112 Å². The molecule has 0 spiro atoms. The van der Waals surface area contributed by atoms with Crippen molar-refractivity contribution in [3.8, 4) is 5.75 Å². The van der Waals surface area contributed by atoms with Gasteiger partial charge in [-0.1, -0.05) is 35.9 Å². The second-order valence-electron chi connectivity index (χ2n) is 4.78. The monoisotopic (exact) mass is 256 g/mol. The lowest BCUT2D eigenvalue weighted by Gasteiger charge is -2.08. The van der Waals surface area contributed by atoms with Gasteiger partial charge in [-0.2, -0.15) is 0 Å². The molecule has 2 aromatic rings. The molecule has 0 aliphatic carbocycles. The number of rotatable bonds is 3. The van der Waals surface area contributed by atoms with Gasteiger partial charge in [0, 0.05) is 0 Å². The smallest absolute Gasteiger partial charge is 0.339 e. The van der Waals surface area contributed by atoms with Crippen molar-refractivity contribution >= 4 is 5.97 Å². The van der Waals surface area contributed by atoms with Crippen LogP contribution in [0.15, 0.2) is 36.4 Å². The number of aryl methyl sites for hydroxylation is 2. The van der Waals surface area contributed by atoms with Crippen LogP contribution in [0.25, 0.3) is 0 Å². The zero-order chi connectivity index (χ0) is 14.0. The highest BCUT2D eigenvalue weighted by molar-refractivity contribution is 5.91. The fourth-order valence-corrected chi connectivity index (χ4v) is 2.06. The van der Waals surface area contributed by atoms with E-state index < -0.39 is 5.97 Å². The van der Waals surface area contributed by atoms with Crippen molar-refractivity contribution in [2.24, 2.45) is 0 Å². The van der Waals surface area contributed by atoms with Gasteiger partial charge in [-0.15, -0.1) is 0 Å². The normalized spacial score (nSPS) is 10.4. The van der Waals surface area contributed by atoms with E-state index in [1.807, 2.05) is 37.3 Å². The summed E-state index contributed by atoms with van der Waals surface area (Å²) in [5.41, 5.74) is 3.74. The number of hydrogen-bond acceptors (Lipinski definition) is 2. The van der Waals surface area contributed by atoms with Crippen LogP contribution in [0, 0.1) is 13.8 Å². The Balaban J connectivity index is 2.35.